The number of halogens is 1. The molecule has 0 aliphatic carbocycles. The summed E-state index contributed by atoms with van der Waals surface area (Å²) in [4.78, 5) is 8.43. The van der Waals surface area contributed by atoms with Crippen molar-refractivity contribution < 1.29 is 9.84 Å². The maximum Gasteiger partial charge on any atom is 0.243 e. The molecule has 0 fully saturated rings. The molecule has 0 aliphatic rings. The molecule has 0 unspecified atom stereocenters. The van der Waals surface area contributed by atoms with E-state index in [-0.39, 0.29) is 5.75 Å². The van der Waals surface area contributed by atoms with Crippen molar-refractivity contribution in [2.45, 2.75) is 13.8 Å². The Bertz CT molecular complexity index is 645. The number of aromatic hydroxyl groups is 1. The van der Waals surface area contributed by atoms with Gasteiger partial charge in [0, 0.05) is 11.4 Å². The van der Waals surface area contributed by atoms with Gasteiger partial charge in [-0.1, -0.05) is 0 Å². The minimum Gasteiger partial charge on any atom is -0.504 e. The summed E-state index contributed by atoms with van der Waals surface area (Å²) in [5.74, 6) is 0.856. The van der Waals surface area contributed by atoms with E-state index >= 15 is 0 Å². The maximum atomic E-state index is 9.80. The molecule has 0 radical (unpaired) electrons. The van der Waals surface area contributed by atoms with Crippen LogP contribution in [-0.2, 0) is 0 Å². The Balaban J connectivity index is 2.14. The van der Waals surface area contributed by atoms with Crippen molar-refractivity contribution >= 4 is 28.1 Å². The number of hydrazone groups is 1. The zero-order chi connectivity index (χ0) is 15.4. The molecule has 0 atom stereocenters. The number of nitrogens with zero attached hydrogens (tertiary/aromatic N) is 3. The Labute approximate surface area is 131 Å². The number of phenols is 1. The van der Waals surface area contributed by atoms with Crippen LogP contribution in [0.5, 0.6) is 11.5 Å². The SMILES string of the molecule is COc1c(O)cc(/C=N\Nc2nc(C)cc(C)n2)cc1Br. The summed E-state index contributed by atoms with van der Waals surface area (Å²) >= 11 is 3.32. The van der Waals surface area contributed by atoms with Crippen molar-refractivity contribution in [3.63, 3.8) is 0 Å². The summed E-state index contributed by atoms with van der Waals surface area (Å²) in [5, 5.41) is 13.9. The van der Waals surface area contributed by atoms with Crippen molar-refractivity contribution in [2.75, 3.05) is 12.5 Å². The largest absolute Gasteiger partial charge is 0.504 e. The Morgan fingerprint density at radius 3 is 2.48 bits per heavy atom. The number of nitrogens with one attached hydrogen (secondary N) is 1. The van der Waals surface area contributed by atoms with Gasteiger partial charge >= 0.3 is 0 Å². The second-order valence-electron chi connectivity index (χ2n) is 4.40. The van der Waals surface area contributed by atoms with Gasteiger partial charge < -0.3 is 9.84 Å². The molecule has 21 heavy (non-hydrogen) atoms. The van der Waals surface area contributed by atoms with Gasteiger partial charge in [-0.3, -0.25) is 0 Å². The maximum absolute atomic E-state index is 9.80. The number of phenolic OH excluding ortho intramolecular Hbond substituents is 1. The van der Waals surface area contributed by atoms with Crippen LogP contribution in [-0.4, -0.2) is 28.4 Å². The lowest BCUT2D eigenvalue weighted by Gasteiger charge is -2.06. The van der Waals surface area contributed by atoms with Crippen LogP contribution in [0.1, 0.15) is 17.0 Å². The van der Waals surface area contributed by atoms with E-state index in [0.717, 1.165) is 11.4 Å². The average Bonchev–Trinajstić information content (AvgIpc) is 2.37. The zero-order valence-electron chi connectivity index (χ0n) is 11.9. The molecule has 6 nitrogen and oxygen atoms in total. The number of anilines is 1. The highest BCUT2D eigenvalue weighted by Gasteiger charge is 2.07. The highest BCUT2D eigenvalue weighted by molar-refractivity contribution is 9.10. The number of rotatable bonds is 4. The second-order valence-corrected chi connectivity index (χ2v) is 5.25. The van der Waals surface area contributed by atoms with Crippen LogP contribution < -0.4 is 10.2 Å². The van der Waals surface area contributed by atoms with E-state index in [2.05, 4.69) is 36.4 Å². The fourth-order valence-corrected chi connectivity index (χ4v) is 2.45. The molecule has 2 aromatic rings. The van der Waals surface area contributed by atoms with E-state index < -0.39 is 0 Å². The molecule has 0 amide bonds. The smallest absolute Gasteiger partial charge is 0.243 e. The first kappa shape index (κ1) is 15.2. The molecular formula is C14H15BrN4O2. The van der Waals surface area contributed by atoms with Crippen LogP contribution in [0.25, 0.3) is 0 Å². The van der Waals surface area contributed by atoms with Gasteiger partial charge in [0.25, 0.3) is 0 Å². The van der Waals surface area contributed by atoms with Crippen LogP contribution in [0.2, 0.25) is 0 Å². The minimum atomic E-state index is 0.0379. The predicted molar refractivity (Wildman–Crippen MR) is 85.1 cm³/mol. The van der Waals surface area contributed by atoms with Crippen molar-refractivity contribution in [2.24, 2.45) is 5.10 Å². The lowest BCUT2D eigenvalue weighted by atomic mass is 10.2. The van der Waals surface area contributed by atoms with Crippen LogP contribution in [0.3, 0.4) is 0 Å². The predicted octanol–water partition coefficient (Wildman–Crippen LogP) is 3.02. The molecule has 0 spiro atoms. The van der Waals surface area contributed by atoms with Crippen LogP contribution in [0, 0.1) is 13.8 Å². The van der Waals surface area contributed by atoms with Gasteiger partial charge in [0.2, 0.25) is 5.95 Å². The Morgan fingerprint density at radius 2 is 1.90 bits per heavy atom. The quantitative estimate of drug-likeness (QED) is 0.654. The van der Waals surface area contributed by atoms with Crippen molar-refractivity contribution in [3.8, 4) is 11.5 Å². The summed E-state index contributed by atoms with van der Waals surface area (Å²) in [6.45, 7) is 3.78. The molecule has 7 heteroatoms. The zero-order valence-corrected chi connectivity index (χ0v) is 13.5. The normalized spacial score (nSPS) is 10.9. The number of hydrogen-bond donors (Lipinski definition) is 2. The number of aryl methyl sites for hydroxylation is 2. The number of aromatic nitrogens is 2. The molecule has 0 saturated heterocycles. The molecule has 110 valence electrons. The summed E-state index contributed by atoms with van der Waals surface area (Å²) in [5.41, 5.74) is 5.20. The average molecular weight is 351 g/mol. The third-order valence-electron chi connectivity index (χ3n) is 2.61. The summed E-state index contributed by atoms with van der Waals surface area (Å²) in [7, 11) is 1.49. The molecule has 1 aromatic heterocycles. The van der Waals surface area contributed by atoms with E-state index in [1.165, 1.54) is 7.11 Å². The second kappa shape index (κ2) is 6.53. The highest BCUT2D eigenvalue weighted by atomic mass is 79.9. The number of benzene rings is 1. The van der Waals surface area contributed by atoms with E-state index in [1.54, 1.807) is 18.3 Å². The van der Waals surface area contributed by atoms with Crippen LogP contribution in [0.4, 0.5) is 5.95 Å². The van der Waals surface area contributed by atoms with E-state index in [9.17, 15) is 5.11 Å². The lowest BCUT2D eigenvalue weighted by molar-refractivity contribution is 0.371. The highest BCUT2D eigenvalue weighted by Crippen LogP contribution is 2.34. The van der Waals surface area contributed by atoms with Gasteiger partial charge in [-0.15, -0.1) is 0 Å². The molecular weight excluding hydrogens is 336 g/mol. The van der Waals surface area contributed by atoms with Crippen molar-refractivity contribution in [1.82, 2.24) is 9.97 Å². The topological polar surface area (TPSA) is 79.6 Å². The van der Waals surface area contributed by atoms with Crippen LogP contribution >= 0.6 is 15.9 Å². The molecule has 1 aromatic carbocycles. The summed E-state index contributed by atoms with van der Waals surface area (Å²) < 4.78 is 5.70. The Morgan fingerprint density at radius 1 is 1.24 bits per heavy atom. The van der Waals surface area contributed by atoms with Gasteiger partial charge in [-0.2, -0.15) is 5.10 Å². The molecule has 2 rings (SSSR count). The third-order valence-corrected chi connectivity index (χ3v) is 3.20. The molecule has 0 saturated carbocycles. The number of hydrogen-bond acceptors (Lipinski definition) is 6. The van der Waals surface area contributed by atoms with Gasteiger partial charge in [-0.05, 0) is 53.5 Å². The third kappa shape index (κ3) is 3.91. The van der Waals surface area contributed by atoms with E-state index in [4.69, 9.17) is 4.74 Å². The fourth-order valence-electron chi connectivity index (χ4n) is 1.82. The molecule has 1 heterocycles. The van der Waals surface area contributed by atoms with Crippen LogP contribution in [0.15, 0.2) is 27.8 Å². The van der Waals surface area contributed by atoms with E-state index in [1.807, 2.05) is 19.9 Å². The summed E-state index contributed by atoms with van der Waals surface area (Å²) in [6, 6.07) is 5.22. The standard InChI is InChI=1S/C14H15BrN4O2/c1-8-4-9(2)18-14(17-8)19-16-7-10-5-11(15)13(21-3)12(20)6-10/h4-7,20H,1-3H3,(H,17,18,19)/b16-7-. The first-order valence-electron chi connectivity index (χ1n) is 6.17. The van der Waals surface area contributed by atoms with Gasteiger partial charge in [0.1, 0.15) is 0 Å². The first-order chi connectivity index (χ1) is 9.99. The van der Waals surface area contributed by atoms with Crippen molar-refractivity contribution in [1.29, 1.82) is 0 Å². The first-order valence-corrected chi connectivity index (χ1v) is 6.96. The minimum absolute atomic E-state index is 0.0379. The Hall–Kier alpha value is -2.15. The fraction of sp³-hybridized carbons (Fsp3) is 0.214. The van der Waals surface area contributed by atoms with Gasteiger partial charge in [-0.25, -0.2) is 15.4 Å². The van der Waals surface area contributed by atoms with Crippen molar-refractivity contribution in [3.05, 3.63) is 39.6 Å². The molecule has 0 bridgehead atoms. The van der Waals surface area contributed by atoms with Gasteiger partial charge in [0.15, 0.2) is 11.5 Å². The number of methoxy groups -OCH3 is 1. The van der Waals surface area contributed by atoms with Gasteiger partial charge in [0.05, 0.1) is 17.8 Å². The number of ether oxygens (including phenoxy) is 1. The Kier molecular flexibility index (Phi) is 4.74. The monoisotopic (exact) mass is 350 g/mol. The molecule has 0 aliphatic heterocycles. The summed E-state index contributed by atoms with van der Waals surface area (Å²) in [6.07, 6.45) is 1.56. The van der Waals surface area contributed by atoms with E-state index in [0.29, 0.717) is 21.7 Å². The molecule has 2 N–H and O–H groups in total. The lowest BCUT2D eigenvalue weighted by Crippen LogP contribution is -1.99.